The Morgan fingerprint density at radius 1 is 1.21 bits per heavy atom. The molecule has 1 heterocycles. The zero-order valence-electron chi connectivity index (χ0n) is 12.3. The minimum absolute atomic E-state index is 0.0643. The summed E-state index contributed by atoms with van der Waals surface area (Å²) in [6, 6.07) is 8.23. The van der Waals surface area contributed by atoms with Crippen molar-refractivity contribution in [3.63, 3.8) is 0 Å². The predicted octanol–water partition coefficient (Wildman–Crippen LogP) is 1.71. The van der Waals surface area contributed by atoms with Crippen LogP contribution in [0.15, 0.2) is 42.6 Å². The molecule has 2 aromatic rings. The van der Waals surface area contributed by atoms with Gasteiger partial charge in [0, 0.05) is 12.6 Å². The van der Waals surface area contributed by atoms with E-state index in [2.05, 4.69) is 10.4 Å². The van der Waals surface area contributed by atoms with Crippen LogP contribution in [0.25, 0.3) is 0 Å². The minimum Gasteiger partial charge on any atom is -0.480 e. The van der Waals surface area contributed by atoms with E-state index in [0.29, 0.717) is 5.56 Å². The van der Waals surface area contributed by atoms with Gasteiger partial charge in [-0.2, -0.15) is 18.3 Å². The number of rotatable bonds is 6. The Bertz CT molecular complexity index is 713. The molecule has 2 N–H and O–H groups in total. The molecule has 24 heavy (non-hydrogen) atoms. The van der Waals surface area contributed by atoms with Crippen LogP contribution in [-0.4, -0.2) is 32.8 Å². The molecule has 0 saturated heterocycles. The van der Waals surface area contributed by atoms with Crippen molar-refractivity contribution < 1.29 is 27.9 Å². The maximum absolute atomic E-state index is 12.4. The predicted molar refractivity (Wildman–Crippen MR) is 76.9 cm³/mol. The van der Waals surface area contributed by atoms with Gasteiger partial charge in [0.05, 0.1) is 0 Å². The molecule has 6 nitrogen and oxygen atoms in total. The molecule has 128 valence electrons. The molecule has 1 aromatic heterocycles. The number of carbonyl (C=O) groups excluding carboxylic acids is 1. The van der Waals surface area contributed by atoms with Gasteiger partial charge in [-0.1, -0.05) is 30.3 Å². The van der Waals surface area contributed by atoms with Crippen LogP contribution in [-0.2, 0) is 28.7 Å². The highest BCUT2D eigenvalue weighted by atomic mass is 19.4. The van der Waals surface area contributed by atoms with Crippen LogP contribution in [0.5, 0.6) is 0 Å². The normalized spacial score (nSPS) is 12.6. The highest BCUT2D eigenvalue weighted by Gasteiger charge is 2.33. The number of hydrogen-bond donors (Lipinski definition) is 2. The molecule has 1 atom stereocenters. The van der Waals surface area contributed by atoms with E-state index in [0.717, 1.165) is 16.9 Å². The van der Waals surface area contributed by atoms with Crippen LogP contribution < -0.4 is 5.32 Å². The average molecular weight is 341 g/mol. The lowest BCUT2D eigenvalue weighted by Crippen LogP contribution is -2.43. The van der Waals surface area contributed by atoms with Crippen LogP contribution in [0, 0.1) is 0 Å². The largest absolute Gasteiger partial charge is 0.480 e. The topological polar surface area (TPSA) is 84.2 Å². The molecule has 1 aromatic carbocycles. The van der Waals surface area contributed by atoms with Crippen LogP contribution >= 0.6 is 0 Å². The van der Waals surface area contributed by atoms with Crippen molar-refractivity contribution in [2.75, 3.05) is 0 Å². The first kappa shape index (κ1) is 17.5. The number of nitrogens with zero attached hydrogens (tertiary/aromatic N) is 2. The van der Waals surface area contributed by atoms with Gasteiger partial charge in [-0.15, -0.1) is 0 Å². The second-order valence-corrected chi connectivity index (χ2v) is 5.04. The molecular formula is C15H14F3N3O3. The first-order valence-electron chi connectivity index (χ1n) is 6.92. The fourth-order valence-electron chi connectivity index (χ4n) is 2.04. The van der Waals surface area contributed by atoms with Gasteiger partial charge in [-0.25, -0.2) is 4.79 Å². The zero-order valence-corrected chi connectivity index (χ0v) is 12.3. The number of aromatic nitrogens is 2. The Balaban J connectivity index is 1.98. The van der Waals surface area contributed by atoms with Gasteiger partial charge in [0.15, 0.2) is 5.69 Å². The Kier molecular flexibility index (Phi) is 5.22. The summed E-state index contributed by atoms with van der Waals surface area (Å²) >= 11 is 0. The summed E-state index contributed by atoms with van der Waals surface area (Å²) in [6.45, 7) is -0.505. The third-order valence-electron chi connectivity index (χ3n) is 3.15. The van der Waals surface area contributed by atoms with Crippen LogP contribution in [0.2, 0.25) is 0 Å². The van der Waals surface area contributed by atoms with Crippen LogP contribution in [0.4, 0.5) is 13.2 Å². The summed E-state index contributed by atoms with van der Waals surface area (Å²) in [4.78, 5) is 23.1. The molecule has 0 unspecified atom stereocenters. The lowest BCUT2D eigenvalue weighted by Gasteiger charge is -2.14. The Labute approximate surface area is 134 Å². The highest BCUT2D eigenvalue weighted by molar-refractivity contribution is 5.83. The number of alkyl halides is 3. The standard InChI is InChI=1S/C15H14F3N3O3/c16-15(17,18)12-6-7-21(20-12)9-13(22)19-11(14(23)24)8-10-4-2-1-3-5-10/h1-7,11H,8-9H2,(H,19,22)(H,23,24)/t11-/m0/s1. The summed E-state index contributed by atoms with van der Waals surface area (Å²) in [5, 5.41) is 14.7. The van der Waals surface area contributed by atoms with Gasteiger partial charge in [0.25, 0.3) is 0 Å². The van der Waals surface area contributed by atoms with E-state index in [1.54, 1.807) is 30.3 Å². The molecule has 1 amide bonds. The maximum atomic E-state index is 12.4. The molecule has 9 heteroatoms. The molecule has 0 aliphatic carbocycles. The molecule has 0 radical (unpaired) electrons. The lowest BCUT2D eigenvalue weighted by molar-refractivity contribution is -0.142. The first-order chi connectivity index (χ1) is 11.3. The van der Waals surface area contributed by atoms with E-state index in [1.165, 1.54) is 0 Å². The fraction of sp³-hybridized carbons (Fsp3) is 0.267. The van der Waals surface area contributed by atoms with Crippen LogP contribution in [0.3, 0.4) is 0 Å². The van der Waals surface area contributed by atoms with Gasteiger partial charge < -0.3 is 10.4 Å². The van der Waals surface area contributed by atoms with Crippen molar-refractivity contribution in [2.24, 2.45) is 0 Å². The molecule has 0 bridgehead atoms. The van der Waals surface area contributed by atoms with Gasteiger partial charge in [0.1, 0.15) is 12.6 Å². The third kappa shape index (κ3) is 4.83. The van der Waals surface area contributed by atoms with Crippen molar-refractivity contribution in [3.05, 3.63) is 53.9 Å². The number of benzene rings is 1. The number of hydrogen-bond acceptors (Lipinski definition) is 3. The summed E-state index contributed by atoms with van der Waals surface area (Å²) in [6.07, 6.45) is -3.52. The van der Waals surface area contributed by atoms with Crippen LogP contribution in [0.1, 0.15) is 11.3 Å². The summed E-state index contributed by atoms with van der Waals surface area (Å²) < 4.78 is 38.1. The monoisotopic (exact) mass is 341 g/mol. The van der Waals surface area contributed by atoms with Crippen molar-refractivity contribution in [1.82, 2.24) is 15.1 Å². The zero-order chi connectivity index (χ0) is 17.7. The van der Waals surface area contributed by atoms with E-state index in [1.807, 2.05) is 0 Å². The quantitative estimate of drug-likeness (QED) is 0.838. The average Bonchev–Trinajstić information content (AvgIpc) is 2.96. The van der Waals surface area contributed by atoms with Crippen molar-refractivity contribution in [3.8, 4) is 0 Å². The molecule has 0 spiro atoms. The van der Waals surface area contributed by atoms with E-state index in [4.69, 9.17) is 0 Å². The highest BCUT2D eigenvalue weighted by Crippen LogP contribution is 2.27. The summed E-state index contributed by atoms with van der Waals surface area (Å²) in [5.41, 5.74) is -0.405. The molecule has 0 aliphatic rings. The fourth-order valence-corrected chi connectivity index (χ4v) is 2.04. The number of nitrogens with one attached hydrogen (secondary N) is 1. The smallest absolute Gasteiger partial charge is 0.435 e. The van der Waals surface area contributed by atoms with E-state index >= 15 is 0 Å². The van der Waals surface area contributed by atoms with Gasteiger partial charge >= 0.3 is 12.1 Å². The van der Waals surface area contributed by atoms with E-state index in [9.17, 15) is 27.9 Å². The molecular weight excluding hydrogens is 327 g/mol. The molecule has 0 saturated carbocycles. The second kappa shape index (κ2) is 7.16. The number of carboxylic acids is 1. The Morgan fingerprint density at radius 2 is 1.88 bits per heavy atom. The Hall–Kier alpha value is -2.84. The number of carbonyl (C=O) groups is 2. The van der Waals surface area contributed by atoms with Crippen molar-refractivity contribution in [2.45, 2.75) is 25.2 Å². The van der Waals surface area contributed by atoms with Crippen molar-refractivity contribution in [1.29, 1.82) is 0 Å². The van der Waals surface area contributed by atoms with E-state index < -0.39 is 36.3 Å². The second-order valence-electron chi connectivity index (χ2n) is 5.04. The van der Waals surface area contributed by atoms with Gasteiger partial charge in [-0.3, -0.25) is 9.48 Å². The van der Waals surface area contributed by atoms with Gasteiger partial charge in [0.2, 0.25) is 5.91 Å². The molecule has 2 rings (SSSR count). The number of carboxylic acid groups (broad SMARTS) is 1. The molecule has 0 aliphatic heterocycles. The van der Waals surface area contributed by atoms with Gasteiger partial charge in [-0.05, 0) is 11.6 Å². The number of aliphatic carboxylic acids is 1. The SMILES string of the molecule is O=C(Cn1ccc(C(F)(F)F)n1)N[C@@H](Cc1ccccc1)C(=O)O. The van der Waals surface area contributed by atoms with Crippen molar-refractivity contribution >= 4 is 11.9 Å². The lowest BCUT2D eigenvalue weighted by atomic mass is 10.1. The maximum Gasteiger partial charge on any atom is 0.435 e. The summed E-state index contributed by atoms with van der Waals surface area (Å²) in [7, 11) is 0. The molecule has 0 fully saturated rings. The Morgan fingerprint density at radius 3 is 2.42 bits per heavy atom. The number of amides is 1. The first-order valence-corrected chi connectivity index (χ1v) is 6.92. The minimum atomic E-state index is -4.60. The van der Waals surface area contributed by atoms with E-state index in [-0.39, 0.29) is 6.42 Å². The third-order valence-corrected chi connectivity index (χ3v) is 3.15. The summed E-state index contributed by atoms with van der Waals surface area (Å²) in [5.74, 6) is -1.97. The number of halogens is 3.